The fourth-order valence-electron chi connectivity index (χ4n) is 4.40. The number of ketones is 1. The normalized spacial score (nSPS) is 11.0. The molecule has 0 saturated carbocycles. The summed E-state index contributed by atoms with van der Waals surface area (Å²) in [7, 11) is 1.52. The summed E-state index contributed by atoms with van der Waals surface area (Å²) in [5.74, 6) is -0.791. The molecule has 39 heavy (non-hydrogen) atoms. The van der Waals surface area contributed by atoms with Crippen LogP contribution in [0.5, 0.6) is 17.2 Å². The third kappa shape index (κ3) is 5.11. The van der Waals surface area contributed by atoms with E-state index in [1.165, 1.54) is 56.0 Å². The molecule has 0 bridgehead atoms. The van der Waals surface area contributed by atoms with Gasteiger partial charge in [-0.2, -0.15) is 0 Å². The van der Waals surface area contributed by atoms with Crippen LogP contribution in [0.4, 0.5) is 8.78 Å². The van der Waals surface area contributed by atoms with Gasteiger partial charge in [0.15, 0.2) is 28.5 Å². The lowest BCUT2D eigenvalue weighted by Gasteiger charge is -2.12. The van der Waals surface area contributed by atoms with E-state index in [4.69, 9.17) is 9.47 Å². The second-order valence-electron chi connectivity index (χ2n) is 9.01. The van der Waals surface area contributed by atoms with Gasteiger partial charge < -0.3 is 14.5 Å². The van der Waals surface area contributed by atoms with Crippen molar-refractivity contribution >= 4 is 16.8 Å². The number of carbonyl (C=O) groups is 1. The highest BCUT2D eigenvalue weighted by atomic mass is 19.1. The molecule has 7 nitrogen and oxygen atoms in total. The lowest BCUT2D eigenvalue weighted by atomic mass is 9.96. The second-order valence-corrected chi connectivity index (χ2v) is 9.01. The highest BCUT2D eigenvalue weighted by molar-refractivity contribution is 5.99. The van der Waals surface area contributed by atoms with Crippen molar-refractivity contribution in [1.29, 1.82) is 0 Å². The Morgan fingerprint density at radius 2 is 1.79 bits per heavy atom. The summed E-state index contributed by atoms with van der Waals surface area (Å²) in [5.41, 5.74) is 2.56. The number of carbonyl (C=O) groups excluding carboxylic acids is 1. The van der Waals surface area contributed by atoms with Gasteiger partial charge in [-0.15, -0.1) is 0 Å². The molecule has 0 spiro atoms. The molecular weight excluding hydrogens is 504 g/mol. The lowest BCUT2D eigenvalue weighted by molar-refractivity contribution is 0.0991. The Morgan fingerprint density at radius 1 is 0.974 bits per heavy atom. The van der Waals surface area contributed by atoms with Crippen LogP contribution < -0.4 is 14.9 Å². The summed E-state index contributed by atoms with van der Waals surface area (Å²) in [6.45, 7) is 3.31. The molecule has 0 unspecified atom stereocenters. The van der Waals surface area contributed by atoms with E-state index in [0.717, 1.165) is 0 Å². The molecule has 0 atom stereocenters. The van der Waals surface area contributed by atoms with Crippen LogP contribution in [0.2, 0.25) is 0 Å². The predicted molar refractivity (Wildman–Crippen MR) is 143 cm³/mol. The highest BCUT2D eigenvalue weighted by Gasteiger charge is 2.20. The number of rotatable bonds is 7. The molecule has 9 heteroatoms. The zero-order chi connectivity index (χ0) is 27.7. The SMILES string of the molecule is COc1cnc2c(Oc3ccc(CC(=O)c4c(C)[nH]cc(-c5ccc(F)cc5C)c4=O)cc3F)ccnc2c1. The minimum Gasteiger partial charge on any atom is -0.495 e. The molecule has 2 aromatic carbocycles. The van der Waals surface area contributed by atoms with Crippen LogP contribution in [0.3, 0.4) is 0 Å². The Bertz CT molecular complexity index is 1800. The number of Topliss-reactive ketones (excluding diaryl/α,β-unsaturated/α-hetero) is 1. The lowest BCUT2D eigenvalue weighted by Crippen LogP contribution is -2.21. The van der Waals surface area contributed by atoms with Crippen LogP contribution in [0.25, 0.3) is 22.2 Å². The Balaban J connectivity index is 1.40. The van der Waals surface area contributed by atoms with Crippen molar-refractivity contribution in [2.45, 2.75) is 20.3 Å². The fourth-order valence-corrected chi connectivity index (χ4v) is 4.40. The van der Waals surface area contributed by atoms with Gasteiger partial charge in [0.2, 0.25) is 0 Å². The van der Waals surface area contributed by atoms with Crippen molar-refractivity contribution < 1.29 is 23.0 Å². The summed E-state index contributed by atoms with van der Waals surface area (Å²) in [5, 5.41) is 0. The fraction of sp³-hybridized carbons (Fsp3) is 0.133. The number of methoxy groups -OCH3 is 1. The van der Waals surface area contributed by atoms with E-state index in [1.807, 2.05) is 0 Å². The number of fused-ring (bicyclic) bond motifs is 1. The zero-order valence-corrected chi connectivity index (χ0v) is 21.3. The quantitative estimate of drug-likeness (QED) is 0.257. The standard InChI is InChI=1S/C30H23F2N3O4/c1-16-10-19(31)5-6-21(16)22-15-34-17(2)28(30(22)37)25(36)12-18-4-7-26(23(32)11-18)39-27-8-9-33-24-13-20(38-3)14-35-29(24)27/h4-11,13-15H,12H2,1-3H3,(H,34,37). The van der Waals surface area contributed by atoms with E-state index in [1.54, 1.807) is 32.0 Å². The molecule has 196 valence electrons. The van der Waals surface area contributed by atoms with Gasteiger partial charge in [0.05, 0.1) is 24.4 Å². The first-order valence-corrected chi connectivity index (χ1v) is 12.0. The first kappa shape index (κ1) is 25.7. The van der Waals surface area contributed by atoms with Crippen molar-refractivity contribution in [3.63, 3.8) is 0 Å². The number of nitrogens with one attached hydrogen (secondary N) is 1. The van der Waals surface area contributed by atoms with Gasteiger partial charge in [0.25, 0.3) is 0 Å². The molecule has 5 rings (SSSR count). The third-order valence-corrected chi connectivity index (χ3v) is 6.37. The van der Waals surface area contributed by atoms with Gasteiger partial charge in [-0.1, -0.05) is 12.1 Å². The summed E-state index contributed by atoms with van der Waals surface area (Å²) >= 11 is 0. The summed E-state index contributed by atoms with van der Waals surface area (Å²) in [6, 6.07) is 11.5. The van der Waals surface area contributed by atoms with Crippen molar-refractivity contribution in [3.05, 3.63) is 111 Å². The average Bonchev–Trinajstić information content (AvgIpc) is 2.90. The van der Waals surface area contributed by atoms with E-state index in [2.05, 4.69) is 15.0 Å². The van der Waals surface area contributed by atoms with Crippen molar-refractivity contribution in [2.75, 3.05) is 7.11 Å². The van der Waals surface area contributed by atoms with Gasteiger partial charge >= 0.3 is 0 Å². The van der Waals surface area contributed by atoms with Gasteiger partial charge in [-0.3, -0.25) is 14.6 Å². The van der Waals surface area contributed by atoms with Gasteiger partial charge in [0.1, 0.15) is 17.1 Å². The monoisotopic (exact) mass is 527 g/mol. The van der Waals surface area contributed by atoms with E-state index < -0.39 is 22.8 Å². The smallest absolute Gasteiger partial charge is 0.200 e. The van der Waals surface area contributed by atoms with E-state index in [-0.39, 0.29) is 23.3 Å². The summed E-state index contributed by atoms with van der Waals surface area (Å²) < 4.78 is 39.5. The van der Waals surface area contributed by atoms with Crippen molar-refractivity contribution in [3.8, 4) is 28.4 Å². The number of H-pyrrole nitrogens is 1. The predicted octanol–water partition coefficient (Wildman–Crippen LogP) is 6.11. The van der Waals surface area contributed by atoms with Crippen LogP contribution in [0.1, 0.15) is 27.2 Å². The van der Waals surface area contributed by atoms with Crippen LogP contribution in [-0.4, -0.2) is 27.8 Å². The van der Waals surface area contributed by atoms with E-state index in [0.29, 0.717) is 44.9 Å². The van der Waals surface area contributed by atoms with Crippen LogP contribution in [0, 0.1) is 25.5 Å². The number of aromatic nitrogens is 3. The topological polar surface area (TPSA) is 94.2 Å². The Kier molecular flexibility index (Phi) is 6.89. The van der Waals surface area contributed by atoms with Crippen LogP contribution >= 0.6 is 0 Å². The number of pyridine rings is 3. The number of benzene rings is 2. The average molecular weight is 528 g/mol. The van der Waals surface area contributed by atoms with Crippen LogP contribution in [0.15, 0.2) is 71.9 Å². The molecule has 0 radical (unpaired) electrons. The largest absolute Gasteiger partial charge is 0.495 e. The maximum atomic E-state index is 15.0. The number of hydrogen-bond donors (Lipinski definition) is 1. The number of ether oxygens (including phenoxy) is 2. The first-order chi connectivity index (χ1) is 18.7. The Morgan fingerprint density at radius 3 is 2.54 bits per heavy atom. The van der Waals surface area contributed by atoms with E-state index >= 15 is 4.39 Å². The Labute approximate surface area is 222 Å². The molecule has 0 aliphatic rings. The Hall–Kier alpha value is -4.92. The van der Waals surface area contributed by atoms with Gasteiger partial charge in [-0.05, 0) is 54.8 Å². The van der Waals surface area contributed by atoms with Gasteiger partial charge in [0, 0.05) is 42.2 Å². The molecule has 3 heterocycles. The van der Waals surface area contributed by atoms with Crippen molar-refractivity contribution in [2.24, 2.45) is 0 Å². The molecule has 0 aliphatic carbocycles. The number of aryl methyl sites for hydroxylation is 2. The molecule has 1 N–H and O–H groups in total. The molecule has 0 aliphatic heterocycles. The van der Waals surface area contributed by atoms with Crippen LogP contribution in [-0.2, 0) is 6.42 Å². The minimum atomic E-state index is -0.680. The highest BCUT2D eigenvalue weighted by Crippen LogP contribution is 2.31. The zero-order valence-electron chi connectivity index (χ0n) is 21.3. The summed E-state index contributed by atoms with van der Waals surface area (Å²) in [6.07, 6.45) is 4.34. The molecule has 5 aromatic rings. The number of hydrogen-bond acceptors (Lipinski definition) is 6. The second kappa shape index (κ2) is 10.4. The van der Waals surface area contributed by atoms with Crippen molar-refractivity contribution in [1.82, 2.24) is 15.0 Å². The minimum absolute atomic E-state index is 0.0262. The number of nitrogens with zero attached hydrogens (tertiary/aromatic N) is 2. The molecule has 0 fully saturated rings. The molecule has 3 aromatic heterocycles. The molecule has 0 saturated heterocycles. The molecule has 0 amide bonds. The van der Waals surface area contributed by atoms with E-state index in [9.17, 15) is 14.0 Å². The van der Waals surface area contributed by atoms with Gasteiger partial charge in [-0.25, -0.2) is 13.8 Å². The number of halogens is 2. The number of aromatic amines is 1. The third-order valence-electron chi connectivity index (χ3n) is 6.37. The first-order valence-electron chi connectivity index (χ1n) is 12.0. The molecular formula is C30H23F2N3O4. The summed E-state index contributed by atoms with van der Waals surface area (Å²) in [4.78, 5) is 38.0. The maximum absolute atomic E-state index is 15.0. The maximum Gasteiger partial charge on any atom is 0.200 e.